The van der Waals surface area contributed by atoms with Gasteiger partial charge in [-0.2, -0.15) is 0 Å². The van der Waals surface area contributed by atoms with Gasteiger partial charge in [0.1, 0.15) is 19.0 Å². The van der Waals surface area contributed by atoms with Crippen molar-refractivity contribution in [2.45, 2.75) is 19.4 Å². The van der Waals surface area contributed by atoms with Crippen LogP contribution in [0.3, 0.4) is 0 Å². The van der Waals surface area contributed by atoms with Crippen LogP contribution in [0.2, 0.25) is 0 Å². The predicted octanol–water partition coefficient (Wildman–Crippen LogP) is 1.62. The van der Waals surface area contributed by atoms with Gasteiger partial charge >= 0.3 is 5.97 Å². The average molecular weight is 293 g/mol. The highest BCUT2D eigenvalue weighted by Gasteiger charge is 2.34. The molecule has 2 atom stereocenters. The van der Waals surface area contributed by atoms with E-state index in [1.807, 2.05) is 30.3 Å². The molecule has 5 nitrogen and oxygen atoms in total. The Hall–Kier alpha value is -1.59. The summed E-state index contributed by atoms with van der Waals surface area (Å²) in [6.07, 6.45) is 1.03. The molecule has 21 heavy (non-hydrogen) atoms. The molecule has 1 saturated heterocycles. The summed E-state index contributed by atoms with van der Waals surface area (Å²) in [5, 5.41) is 3.32. The summed E-state index contributed by atoms with van der Waals surface area (Å²) in [5.41, 5.74) is 0. The van der Waals surface area contributed by atoms with E-state index >= 15 is 0 Å². The van der Waals surface area contributed by atoms with E-state index < -0.39 is 0 Å². The molecule has 5 heteroatoms. The molecule has 0 spiro atoms. The van der Waals surface area contributed by atoms with Crippen LogP contribution >= 0.6 is 0 Å². The van der Waals surface area contributed by atoms with Gasteiger partial charge in [0.05, 0.1) is 19.1 Å². The van der Waals surface area contributed by atoms with Gasteiger partial charge in [-0.25, -0.2) is 0 Å². The number of carbonyl (C=O) groups excluding carboxylic acids is 1. The van der Waals surface area contributed by atoms with Crippen molar-refractivity contribution >= 4 is 5.97 Å². The van der Waals surface area contributed by atoms with Gasteiger partial charge in [-0.1, -0.05) is 25.1 Å². The minimum Gasteiger partial charge on any atom is -0.490 e. The molecular weight excluding hydrogens is 270 g/mol. The molecule has 0 aromatic heterocycles. The van der Waals surface area contributed by atoms with Gasteiger partial charge in [0.25, 0.3) is 0 Å². The van der Waals surface area contributed by atoms with Crippen molar-refractivity contribution in [1.82, 2.24) is 5.32 Å². The van der Waals surface area contributed by atoms with Crippen molar-refractivity contribution in [3.8, 4) is 5.75 Å². The fourth-order valence-electron chi connectivity index (χ4n) is 2.24. The number of para-hydroxylation sites is 1. The second kappa shape index (κ2) is 8.64. The third kappa shape index (κ3) is 5.02. The first-order valence-electron chi connectivity index (χ1n) is 7.47. The number of hydrogen-bond donors (Lipinski definition) is 1. The Morgan fingerprint density at radius 3 is 2.86 bits per heavy atom. The van der Waals surface area contributed by atoms with Gasteiger partial charge in [0.15, 0.2) is 0 Å². The molecule has 1 aliphatic heterocycles. The van der Waals surface area contributed by atoms with Crippen LogP contribution in [-0.4, -0.2) is 45.0 Å². The first kappa shape index (κ1) is 15.8. The highest BCUT2D eigenvalue weighted by Crippen LogP contribution is 2.15. The zero-order chi connectivity index (χ0) is 14.9. The van der Waals surface area contributed by atoms with Gasteiger partial charge in [-0.15, -0.1) is 0 Å². The summed E-state index contributed by atoms with van der Waals surface area (Å²) in [6.45, 7) is 4.59. The summed E-state index contributed by atoms with van der Waals surface area (Å²) in [7, 11) is 0. The van der Waals surface area contributed by atoms with Crippen molar-refractivity contribution < 1.29 is 19.0 Å². The lowest BCUT2D eigenvalue weighted by atomic mass is 10.0. The number of nitrogens with one attached hydrogen (secondary N) is 1. The maximum absolute atomic E-state index is 12.0. The molecule has 1 aromatic carbocycles. The van der Waals surface area contributed by atoms with E-state index in [0.29, 0.717) is 19.8 Å². The number of ether oxygens (including phenoxy) is 3. The maximum Gasteiger partial charge on any atom is 0.313 e. The van der Waals surface area contributed by atoms with Crippen molar-refractivity contribution in [2.75, 3.05) is 33.0 Å². The van der Waals surface area contributed by atoms with Crippen LogP contribution in [0.25, 0.3) is 0 Å². The summed E-state index contributed by atoms with van der Waals surface area (Å²) in [4.78, 5) is 12.0. The fraction of sp³-hybridized carbons (Fsp3) is 0.562. The van der Waals surface area contributed by atoms with Crippen LogP contribution in [-0.2, 0) is 14.3 Å². The first-order chi connectivity index (χ1) is 10.3. The minimum absolute atomic E-state index is 0.0625. The van der Waals surface area contributed by atoms with Crippen molar-refractivity contribution in [1.29, 1.82) is 0 Å². The molecule has 0 saturated carbocycles. The lowest BCUT2D eigenvalue weighted by Crippen LogP contribution is -2.40. The molecule has 0 amide bonds. The molecule has 0 aliphatic carbocycles. The van der Waals surface area contributed by atoms with Crippen molar-refractivity contribution in [3.63, 3.8) is 0 Å². The topological polar surface area (TPSA) is 56.8 Å². The van der Waals surface area contributed by atoms with Crippen molar-refractivity contribution in [2.24, 2.45) is 5.92 Å². The van der Waals surface area contributed by atoms with Crippen LogP contribution in [0.4, 0.5) is 0 Å². The highest BCUT2D eigenvalue weighted by molar-refractivity contribution is 5.73. The van der Waals surface area contributed by atoms with Crippen LogP contribution in [0.1, 0.15) is 13.3 Å². The molecule has 116 valence electrons. The van der Waals surface area contributed by atoms with E-state index in [1.165, 1.54) is 0 Å². The third-order valence-electron chi connectivity index (χ3n) is 3.38. The van der Waals surface area contributed by atoms with Gasteiger partial charge in [-0.3, -0.25) is 4.79 Å². The summed E-state index contributed by atoms with van der Waals surface area (Å²) >= 11 is 0. The smallest absolute Gasteiger partial charge is 0.313 e. The number of benzene rings is 1. The molecule has 2 unspecified atom stereocenters. The molecule has 1 fully saturated rings. The average Bonchev–Trinajstić information content (AvgIpc) is 2.99. The minimum atomic E-state index is -0.215. The monoisotopic (exact) mass is 293 g/mol. The van der Waals surface area contributed by atoms with E-state index in [4.69, 9.17) is 14.2 Å². The SMILES string of the molecule is CCCNC1COCC1C(=O)OCCOc1ccccc1. The lowest BCUT2D eigenvalue weighted by Gasteiger charge is -2.17. The first-order valence-corrected chi connectivity index (χ1v) is 7.47. The second-order valence-electron chi connectivity index (χ2n) is 5.03. The predicted molar refractivity (Wildman–Crippen MR) is 79.3 cm³/mol. The Morgan fingerprint density at radius 1 is 1.29 bits per heavy atom. The van der Waals surface area contributed by atoms with Crippen LogP contribution < -0.4 is 10.1 Å². The number of rotatable bonds is 8. The fourth-order valence-corrected chi connectivity index (χ4v) is 2.24. The quantitative estimate of drug-likeness (QED) is 0.583. The molecule has 1 heterocycles. The number of hydrogen-bond acceptors (Lipinski definition) is 5. The Kier molecular flexibility index (Phi) is 6.50. The van der Waals surface area contributed by atoms with E-state index in [2.05, 4.69) is 12.2 Å². The third-order valence-corrected chi connectivity index (χ3v) is 3.38. The van der Waals surface area contributed by atoms with Crippen molar-refractivity contribution in [3.05, 3.63) is 30.3 Å². The van der Waals surface area contributed by atoms with Gasteiger partial charge in [0.2, 0.25) is 0 Å². The molecule has 2 rings (SSSR count). The molecular formula is C16H23NO4. The maximum atomic E-state index is 12.0. The largest absolute Gasteiger partial charge is 0.490 e. The van der Waals surface area contributed by atoms with Crippen LogP contribution in [0.5, 0.6) is 5.75 Å². The lowest BCUT2D eigenvalue weighted by molar-refractivity contribution is -0.149. The Morgan fingerprint density at radius 2 is 2.10 bits per heavy atom. The standard InChI is InChI=1S/C16H23NO4/c1-2-8-17-15-12-19-11-14(15)16(18)21-10-9-20-13-6-4-3-5-7-13/h3-7,14-15,17H,2,8-12H2,1H3. The molecule has 0 radical (unpaired) electrons. The number of carbonyl (C=O) groups is 1. The zero-order valence-electron chi connectivity index (χ0n) is 12.4. The summed E-state index contributed by atoms with van der Waals surface area (Å²) in [6, 6.07) is 9.54. The molecule has 0 bridgehead atoms. The summed E-state index contributed by atoms with van der Waals surface area (Å²) < 4.78 is 16.1. The summed E-state index contributed by atoms with van der Waals surface area (Å²) in [5.74, 6) is 0.353. The number of esters is 1. The molecule has 1 aliphatic rings. The molecule has 1 N–H and O–H groups in total. The van der Waals surface area contributed by atoms with E-state index in [-0.39, 0.29) is 24.5 Å². The van der Waals surface area contributed by atoms with Crippen LogP contribution in [0.15, 0.2) is 30.3 Å². The highest BCUT2D eigenvalue weighted by atomic mass is 16.6. The Balaban J connectivity index is 1.66. The zero-order valence-corrected chi connectivity index (χ0v) is 12.4. The van der Waals surface area contributed by atoms with E-state index in [1.54, 1.807) is 0 Å². The van der Waals surface area contributed by atoms with E-state index in [9.17, 15) is 4.79 Å². The molecule has 1 aromatic rings. The van der Waals surface area contributed by atoms with Gasteiger partial charge < -0.3 is 19.5 Å². The normalized spacial score (nSPS) is 21.2. The van der Waals surface area contributed by atoms with Crippen LogP contribution in [0, 0.1) is 5.92 Å². The Bertz CT molecular complexity index is 424. The van der Waals surface area contributed by atoms with Gasteiger partial charge in [0, 0.05) is 6.04 Å². The van der Waals surface area contributed by atoms with E-state index in [0.717, 1.165) is 18.7 Å². The van der Waals surface area contributed by atoms with Gasteiger partial charge in [-0.05, 0) is 25.1 Å². The Labute approximate surface area is 125 Å². The second-order valence-corrected chi connectivity index (χ2v) is 5.03.